The zero-order valence-corrected chi connectivity index (χ0v) is 19.4. The minimum absolute atomic E-state index is 0.103. The largest absolute Gasteiger partial charge is 0.497 e. The first-order valence-electron chi connectivity index (χ1n) is 11.4. The second-order valence-corrected chi connectivity index (χ2v) is 8.34. The van der Waals surface area contributed by atoms with E-state index in [1.807, 2.05) is 48.5 Å². The minimum atomic E-state index is -0.580. The molecule has 0 saturated carbocycles. The summed E-state index contributed by atoms with van der Waals surface area (Å²) in [5.74, 6) is 1.22. The van der Waals surface area contributed by atoms with Crippen LogP contribution in [0.5, 0.6) is 11.5 Å². The van der Waals surface area contributed by atoms with Crippen molar-refractivity contribution in [1.82, 2.24) is 4.90 Å². The zero-order valence-electron chi connectivity index (χ0n) is 19.4. The number of hydrogen-bond acceptors (Lipinski definition) is 5. The molecule has 1 amide bonds. The summed E-state index contributed by atoms with van der Waals surface area (Å²) in [5, 5.41) is 0.458. The Kier molecular flexibility index (Phi) is 6.10. The van der Waals surface area contributed by atoms with Crippen LogP contribution >= 0.6 is 0 Å². The number of rotatable bonds is 8. The van der Waals surface area contributed by atoms with Crippen LogP contribution in [0.3, 0.4) is 0 Å². The molecule has 0 aliphatic carbocycles. The van der Waals surface area contributed by atoms with Crippen LogP contribution in [0.25, 0.3) is 11.0 Å². The van der Waals surface area contributed by atoms with Gasteiger partial charge in [0.1, 0.15) is 23.7 Å². The van der Waals surface area contributed by atoms with Crippen molar-refractivity contribution in [3.63, 3.8) is 0 Å². The van der Waals surface area contributed by atoms with Gasteiger partial charge in [-0.1, -0.05) is 49.1 Å². The summed E-state index contributed by atoms with van der Waals surface area (Å²) in [6, 6.07) is 21.7. The molecule has 0 unspecified atom stereocenters. The van der Waals surface area contributed by atoms with E-state index < -0.39 is 6.04 Å². The number of carbonyl (C=O) groups is 1. The first-order valence-corrected chi connectivity index (χ1v) is 11.4. The van der Waals surface area contributed by atoms with Gasteiger partial charge in [-0.15, -0.1) is 0 Å². The molecule has 3 aromatic carbocycles. The van der Waals surface area contributed by atoms with Gasteiger partial charge in [0.05, 0.1) is 24.1 Å². The van der Waals surface area contributed by atoms with Crippen LogP contribution < -0.4 is 14.9 Å². The summed E-state index contributed by atoms with van der Waals surface area (Å²) in [7, 11) is 1.63. The predicted molar refractivity (Wildman–Crippen MR) is 134 cm³/mol. The fourth-order valence-corrected chi connectivity index (χ4v) is 4.52. The number of para-hydroxylation sites is 1. The molecular formula is C29H25NO5. The van der Waals surface area contributed by atoms with E-state index >= 15 is 0 Å². The lowest BCUT2D eigenvalue weighted by Crippen LogP contribution is -2.31. The second kappa shape index (κ2) is 9.50. The first-order chi connectivity index (χ1) is 17.1. The first kappa shape index (κ1) is 22.5. The topological polar surface area (TPSA) is 69.0 Å². The molecule has 1 aliphatic heterocycles. The Bertz CT molecular complexity index is 1450. The SMILES string of the molecule is C=CCOc1cccc([C@H]2c3c(oc4ccccc4c3=O)C(=O)N2CCc2ccc(OC)cc2)c1. The fraction of sp³-hybridized carbons (Fsp3) is 0.172. The van der Waals surface area contributed by atoms with Crippen LogP contribution in [0.15, 0.2) is 94.7 Å². The lowest BCUT2D eigenvalue weighted by molar-refractivity contribution is 0.0730. The van der Waals surface area contributed by atoms with Crippen LogP contribution in [0, 0.1) is 0 Å². The van der Waals surface area contributed by atoms with E-state index in [4.69, 9.17) is 13.9 Å². The number of methoxy groups -OCH3 is 1. The van der Waals surface area contributed by atoms with Gasteiger partial charge in [-0.3, -0.25) is 9.59 Å². The maximum atomic E-state index is 13.6. The number of hydrogen-bond donors (Lipinski definition) is 0. The van der Waals surface area contributed by atoms with Crippen LogP contribution in [0.1, 0.15) is 33.3 Å². The third kappa shape index (κ3) is 4.19. The maximum absolute atomic E-state index is 13.6. The number of ether oxygens (including phenoxy) is 2. The average Bonchev–Trinajstić information content (AvgIpc) is 3.18. The molecule has 0 spiro atoms. The van der Waals surface area contributed by atoms with Crippen molar-refractivity contribution in [1.29, 1.82) is 0 Å². The van der Waals surface area contributed by atoms with Crippen molar-refractivity contribution in [2.45, 2.75) is 12.5 Å². The number of amides is 1. The third-order valence-corrected chi connectivity index (χ3v) is 6.22. The van der Waals surface area contributed by atoms with Crippen molar-refractivity contribution < 1.29 is 18.7 Å². The van der Waals surface area contributed by atoms with E-state index in [-0.39, 0.29) is 17.1 Å². The van der Waals surface area contributed by atoms with Gasteiger partial charge in [-0.05, 0) is 53.9 Å². The number of carbonyl (C=O) groups excluding carboxylic acids is 1. The molecule has 1 atom stereocenters. The van der Waals surface area contributed by atoms with Crippen molar-refractivity contribution in [2.75, 3.05) is 20.3 Å². The smallest absolute Gasteiger partial charge is 0.290 e. The van der Waals surface area contributed by atoms with Gasteiger partial charge in [0, 0.05) is 6.54 Å². The van der Waals surface area contributed by atoms with E-state index in [9.17, 15) is 9.59 Å². The highest BCUT2D eigenvalue weighted by Gasteiger charge is 2.42. The number of fused-ring (bicyclic) bond motifs is 2. The summed E-state index contributed by atoms with van der Waals surface area (Å²) in [5.41, 5.74) is 2.43. The van der Waals surface area contributed by atoms with Gasteiger partial charge in [-0.2, -0.15) is 0 Å². The van der Waals surface area contributed by atoms with Crippen LogP contribution in [0.4, 0.5) is 0 Å². The summed E-state index contributed by atoms with van der Waals surface area (Å²) in [6.07, 6.45) is 2.28. The summed E-state index contributed by atoms with van der Waals surface area (Å²) < 4.78 is 17.0. The van der Waals surface area contributed by atoms with Crippen molar-refractivity contribution in [2.24, 2.45) is 0 Å². The summed E-state index contributed by atoms with van der Waals surface area (Å²) in [4.78, 5) is 28.9. The Labute approximate surface area is 203 Å². The number of benzene rings is 3. The fourth-order valence-electron chi connectivity index (χ4n) is 4.52. The quantitative estimate of drug-likeness (QED) is 0.335. The molecule has 1 aliphatic rings. The Hall–Kier alpha value is -4.32. The molecule has 6 heteroatoms. The van der Waals surface area contributed by atoms with Crippen LogP contribution in [0.2, 0.25) is 0 Å². The van der Waals surface area contributed by atoms with Gasteiger partial charge in [-0.25, -0.2) is 0 Å². The molecule has 2 heterocycles. The Balaban J connectivity index is 1.58. The van der Waals surface area contributed by atoms with Gasteiger partial charge < -0.3 is 18.8 Å². The normalized spacial score (nSPS) is 14.7. The Morgan fingerprint density at radius 2 is 1.80 bits per heavy atom. The zero-order chi connectivity index (χ0) is 24.4. The van der Waals surface area contributed by atoms with Crippen LogP contribution in [-0.4, -0.2) is 31.1 Å². The lowest BCUT2D eigenvalue weighted by Gasteiger charge is -2.25. The van der Waals surface area contributed by atoms with Gasteiger partial charge in [0.15, 0.2) is 5.43 Å². The van der Waals surface area contributed by atoms with Crippen LogP contribution in [-0.2, 0) is 6.42 Å². The van der Waals surface area contributed by atoms with E-state index in [2.05, 4.69) is 6.58 Å². The van der Waals surface area contributed by atoms with E-state index in [1.54, 1.807) is 42.4 Å². The predicted octanol–water partition coefficient (Wildman–Crippen LogP) is 5.15. The minimum Gasteiger partial charge on any atom is -0.497 e. The van der Waals surface area contributed by atoms with Crippen molar-refractivity contribution in [3.8, 4) is 11.5 Å². The second-order valence-electron chi connectivity index (χ2n) is 8.34. The van der Waals surface area contributed by atoms with Gasteiger partial charge >= 0.3 is 0 Å². The summed E-state index contributed by atoms with van der Waals surface area (Å²) >= 11 is 0. The summed E-state index contributed by atoms with van der Waals surface area (Å²) in [6.45, 7) is 4.46. The Morgan fingerprint density at radius 3 is 2.57 bits per heavy atom. The monoisotopic (exact) mass is 467 g/mol. The standard InChI is InChI=1S/C29H25NO5/c1-3-17-34-22-8-6-7-20(18-22)26-25-27(31)23-9-4-5-10-24(23)35-28(25)29(32)30(26)16-15-19-11-13-21(33-2)14-12-19/h3-14,18,26H,1,15-17H2,2H3/t26-/m0/s1. The average molecular weight is 468 g/mol. The molecular weight excluding hydrogens is 442 g/mol. The molecule has 0 N–H and O–H groups in total. The van der Waals surface area contributed by atoms with Crippen molar-refractivity contribution in [3.05, 3.63) is 118 Å². The highest BCUT2D eigenvalue weighted by Crippen LogP contribution is 2.39. The molecule has 5 rings (SSSR count). The maximum Gasteiger partial charge on any atom is 0.290 e. The van der Waals surface area contributed by atoms with Crippen molar-refractivity contribution >= 4 is 16.9 Å². The molecule has 0 fully saturated rings. The molecule has 0 bridgehead atoms. The lowest BCUT2D eigenvalue weighted by atomic mass is 9.98. The Morgan fingerprint density at radius 1 is 1.00 bits per heavy atom. The molecule has 0 saturated heterocycles. The van der Waals surface area contributed by atoms with E-state index in [0.717, 1.165) is 16.9 Å². The van der Waals surface area contributed by atoms with Gasteiger partial charge in [0.2, 0.25) is 5.76 Å². The molecule has 4 aromatic rings. The molecule has 6 nitrogen and oxygen atoms in total. The van der Waals surface area contributed by atoms with Gasteiger partial charge in [0.25, 0.3) is 5.91 Å². The molecule has 176 valence electrons. The van der Waals surface area contributed by atoms with E-state index in [0.29, 0.717) is 41.9 Å². The highest BCUT2D eigenvalue weighted by molar-refractivity contribution is 5.99. The third-order valence-electron chi connectivity index (χ3n) is 6.22. The molecule has 0 radical (unpaired) electrons. The molecule has 1 aromatic heterocycles. The molecule has 35 heavy (non-hydrogen) atoms. The van der Waals surface area contributed by atoms with E-state index in [1.165, 1.54) is 0 Å². The highest BCUT2D eigenvalue weighted by atomic mass is 16.5. The number of nitrogens with zero attached hydrogens (tertiary/aromatic N) is 1.